The van der Waals surface area contributed by atoms with Crippen molar-refractivity contribution in [3.05, 3.63) is 47.5 Å². The van der Waals surface area contributed by atoms with Gasteiger partial charge in [-0.1, -0.05) is 12.1 Å². The van der Waals surface area contributed by atoms with Gasteiger partial charge in [-0.2, -0.15) is 0 Å². The average molecular weight is 599 g/mol. The first-order valence-corrected chi connectivity index (χ1v) is 13.4. The van der Waals surface area contributed by atoms with Gasteiger partial charge in [-0.3, -0.25) is 0 Å². The van der Waals surface area contributed by atoms with E-state index in [2.05, 4.69) is 0 Å². The summed E-state index contributed by atoms with van der Waals surface area (Å²) in [7, 11) is 2.88. The van der Waals surface area contributed by atoms with Crippen molar-refractivity contribution in [3.63, 3.8) is 0 Å². The smallest absolute Gasteiger partial charge is 0.229 e. The lowest BCUT2D eigenvalue weighted by Crippen LogP contribution is -2.60. The normalized spacial score (nSPS) is 33.2. The van der Waals surface area contributed by atoms with Crippen LogP contribution < -0.4 is 18.9 Å². The number of aryl methyl sites for hydroxylation is 2. The van der Waals surface area contributed by atoms with Gasteiger partial charge in [0.05, 0.1) is 27.4 Å². The zero-order chi connectivity index (χ0) is 30.6. The molecule has 0 spiro atoms. The Labute approximate surface area is 241 Å². The fourth-order valence-electron chi connectivity index (χ4n) is 4.80. The minimum absolute atomic E-state index is 0.213. The zero-order valence-electron chi connectivity index (χ0n) is 23.1. The van der Waals surface area contributed by atoms with Gasteiger partial charge in [-0.15, -0.1) is 0 Å². The van der Waals surface area contributed by atoms with Gasteiger partial charge in [0.15, 0.2) is 23.0 Å². The quantitative estimate of drug-likeness (QED) is 0.138. The maximum Gasteiger partial charge on any atom is 0.229 e. The third-order valence-electron chi connectivity index (χ3n) is 7.34. The van der Waals surface area contributed by atoms with E-state index in [9.17, 15) is 40.9 Å². The molecule has 2 heterocycles. The highest BCUT2D eigenvalue weighted by molar-refractivity contribution is 5.45. The summed E-state index contributed by atoms with van der Waals surface area (Å²) in [6.45, 7) is -1.17. The molecule has 2 saturated heterocycles. The van der Waals surface area contributed by atoms with E-state index in [-0.39, 0.29) is 11.5 Å². The number of methoxy groups -OCH3 is 2. The first kappa shape index (κ1) is 32.2. The van der Waals surface area contributed by atoms with E-state index in [1.807, 2.05) is 6.07 Å². The van der Waals surface area contributed by atoms with Crippen LogP contribution >= 0.6 is 0 Å². The number of ether oxygens (including phenoxy) is 6. The summed E-state index contributed by atoms with van der Waals surface area (Å²) in [5.74, 6) is 1.10. The van der Waals surface area contributed by atoms with Crippen molar-refractivity contribution in [3.8, 4) is 23.0 Å². The molecular weight excluding hydrogens is 560 g/mol. The summed E-state index contributed by atoms with van der Waals surface area (Å²) >= 11 is 0. The van der Waals surface area contributed by atoms with E-state index in [0.717, 1.165) is 11.1 Å². The molecule has 8 N–H and O–H groups in total. The number of hydrogen-bond donors (Lipinski definition) is 8. The van der Waals surface area contributed by atoms with E-state index < -0.39 is 74.6 Å². The van der Waals surface area contributed by atoms with Crippen LogP contribution in [0, 0.1) is 0 Å². The Balaban J connectivity index is 1.44. The Morgan fingerprint density at radius 1 is 0.548 bits per heavy atom. The Bertz CT molecular complexity index is 1160. The molecular formula is C28H38O14. The lowest BCUT2D eigenvalue weighted by atomic mass is 9.99. The van der Waals surface area contributed by atoms with Crippen molar-refractivity contribution >= 4 is 0 Å². The van der Waals surface area contributed by atoms with Gasteiger partial charge >= 0.3 is 0 Å². The molecule has 14 heteroatoms. The van der Waals surface area contributed by atoms with Crippen molar-refractivity contribution in [1.82, 2.24) is 0 Å². The standard InChI is InChI=1S/C28H38O14/c1-37-15-7-5-14(10-18(15)40-28-26(36)24(34)22(32)20(12-30)42-28)4-3-13-6-8-16(17(9-13)38-2)39-27-25(35)23(33)21(31)19(11-29)41-27/h5-10,19-36H,3-4,11-12H2,1-2H3/t19-,20-,21-,22-,23+,24+,25-,26-,27-,28-/m1/s1. The maximum atomic E-state index is 10.3. The highest BCUT2D eigenvalue weighted by Crippen LogP contribution is 2.34. The van der Waals surface area contributed by atoms with E-state index in [1.54, 1.807) is 30.3 Å². The lowest BCUT2D eigenvalue weighted by molar-refractivity contribution is -0.277. The molecule has 4 rings (SSSR count). The fraction of sp³-hybridized carbons (Fsp3) is 0.571. The molecule has 2 aliphatic rings. The van der Waals surface area contributed by atoms with Crippen molar-refractivity contribution in [2.75, 3.05) is 27.4 Å². The maximum absolute atomic E-state index is 10.3. The third-order valence-corrected chi connectivity index (χ3v) is 7.34. The van der Waals surface area contributed by atoms with Crippen molar-refractivity contribution in [2.45, 2.75) is 74.3 Å². The summed E-state index contributed by atoms with van der Waals surface area (Å²) in [4.78, 5) is 0. The van der Waals surface area contributed by atoms with Gasteiger partial charge in [-0.05, 0) is 48.2 Å². The van der Waals surface area contributed by atoms with Crippen LogP contribution in [-0.4, -0.2) is 130 Å². The number of rotatable bonds is 11. The second-order valence-electron chi connectivity index (χ2n) is 10.1. The number of benzene rings is 2. The Morgan fingerprint density at radius 2 is 0.976 bits per heavy atom. The van der Waals surface area contributed by atoms with Crippen molar-refractivity contribution in [1.29, 1.82) is 0 Å². The van der Waals surface area contributed by atoms with E-state index in [0.29, 0.717) is 24.3 Å². The van der Waals surface area contributed by atoms with Crippen LogP contribution in [0.15, 0.2) is 36.4 Å². The Hall–Kier alpha value is -2.76. The molecule has 0 saturated carbocycles. The molecule has 0 bridgehead atoms. The Morgan fingerprint density at radius 3 is 1.43 bits per heavy atom. The minimum Gasteiger partial charge on any atom is -0.493 e. The van der Waals surface area contributed by atoms with Gasteiger partial charge < -0.3 is 69.3 Å². The zero-order valence-corrected chi connectivity index (χ0v) is 23.1. The number of aliphatic hydroxyl groups is 8. The summed E-state index contributed by atoms with van der Waals surface area (Å²) in [6, 6.07) is 10.3. The van der Waals surface area contributed by atoms with Gasteiger partial charge in [0, 0.05) is 0 Å². The monoisotopic (exact) mass is 598 g/mol. The molecule has 0 unspecified atom stereocenters. The molecule has 14 nitrogen and oxygen atoms in total. The first-order valence-electron chi connectivity index (χ1n) is 13.4. The van der Waals surface area contributed by atoms with E-state index in [1.165, 1.54) is 14.2 Å². The molecule has 0 aliphatic carbocycles. The molecule has 2 aromatic rings. The highest BCUT2D eigenvalue weighted by Gasteiger charge is 2.46. The third kappa shape index (κ3) is 6.89. The second kappa shape index (κ2) is 14.1. The van der Waals surface area contributed by atoms with E-state index >= 15 is 0 Å². The molecule has 2 aromatic carbocycles. The summed E-state index contributed by atoms with van der Waals surface area (Å²) < 4.78 is 33.2. The molecule has 42 heavy (non-hydrogen) atoms. The predicted molar refractivity (Wildman–Crippen MR) is 142 cm³/mol. The number of hydrogen-bond acceptors (Lipinski definition) is 14. The van der Waals surface area contributed by atoms with E-state index in [4.69, 9.17) is 28.4 Å². The lowest BCUT2D eigenvalue weighted by Gasteiger charge is -2.39. The highest BCUT2D eigenvalue weighted by atomic mass is 16.7. The Kier molecular flexibility index (Phi) is 10.8. The van der Waals surface area contributed by atoms with Gasteiger partial charge in [0.1, 0.15) is 48.8 Å². The van der Waals surface area contributed by atoms with Gasteiger partial charge in [0.2, 0.25) is 12.6 Å². The van der Waals surface area contributed by atoms with Crippen LogP contribution in [-0.2, 0) is 22.3 Å². The van der Waals surface area contributed by atoms with Crippen LogP contribution in [0.5, 0.6) is 23.0 Å². The SMILES string of the molecule is COc1cc(CCc2ccc(OC)c(O[C@@H]3O[C@H](CO)[C@@H](O)[C@H](O)[C@H]3O)c2)ccc1O[C@@H]1O[C@H](CO)[C@@H](O)[C@H](O)[C@H]1O. The van der Waals surface area contributed by atoms with Crippen molar-refractivity contribution in [2.24, 2.45) is 0 Å². The van der Waals surface area contributed by atoms with Crippen molar-refractivity contribution < 1.29 is 69.3 Å². The molecule has 0 aromatic heterocycles. The molecule has 0 radical (unpaired) electrons. The molecule has 234 valence electrons. The summed E-state index contributed by atoms with van der Waals surface area (Å²) in [5, 5.41) is 79.6. The van der Waals surface area contributed by atoms with Crippen LogP contribution in [0.1, 0.15) is 11.1 Å². The molecule has 2 aliphatic heterocycles. The first-order chi connectivity index (χ1) is 20.1. The second-order valence-corrected chi connectivity index (χ2v) is 10.1. The summed E-state index contributed by atoms with van der Waals surface area (Å²) in [6.07, 6.45) is -13.2. The van der Waals surface area contributed by atoms with Gasteiger partial charge in [-0.25, -0.2) is 0 Å². The van der Waals surface area contributed by atoms with Crippen LogP contribution in [0.3, 0.4) is 0 Å². The minimum atomic E-state index is -1.59. The topological polar surface area (TPSA) is 217 Å². The molecule has 2 fully saturated rings. The average Bonchev–Trinajstić information content (AvgIpc) is 3.00. The van der Waals surface area contributed by atoms with Crippen LogP contribution in [0.25, 0.3) is 0 Å². The molecule has 10 atom stereocenters. The summed E-state index contributed by atoms with van der Waals surface area (Å²) in [5.41, 5.74) is 1.69. The fourth-order valence-corrected chi connectivity index (χ4v) is 4.80. The number of aliphatic hydroxyl groups excluding tert-OH is 8. The van der Waals surface area contributed by atoms with Crippen LogP contribution in [0.4, 0.5) is 0 Å². The van der Waals surface area contributed by atoms with Crippen LogP contribution in [0.2, 0.25) is 0 Å². The predicted octanol–water partition coefficient (Wildman–Crippen LogP) is -2.15. The molecule has 0 amide bonds. The largest absolute Gasteiger partial charge is 0.493 e. The van der Waals surface area contributed by atoms with Gasteiger partial charge in [0.25, 0.3) is 0 Å².